The molecule has 1 unspecified atom stereocenters. The summed E-state index contributed by atoms with van der Waals surface area (Å²) in [4.78, 5) is 22.3. The molecule has 0 spiro atoms. The third-order valence-corrected chi connectivity index (χ3v) is 1.79. The monoisotopic (exact) mass is 198 g/mol. The first-order valence-electron chi connectivity index (χ1n) is 4.17. The van der Waals surface area contributed by atoms with E-state index in [9.17, 15) is 9.59 Å². The van der Waals surface area contributed by atoms with Gasteiger partial charge in [-0.3, -0.25) is 0 Å². The van der Waals surface area contributed by atoms with Gasteiger partial charge in [0.15, 0.2) is 0 Å². The van der Waals surface area contributed by atoms with E-state index in [1.807, 2.05) is 0 Å². The van der Waals surface area contributed by atoms with Crippen molar-refractivity contribution in [2.75, 3.05) is 0 Å². The zero-order valence-corrected chi connectivity index (χ0v) is 8.41. The zero-order chi connectivity index (χ0) is 11.2. The van der Waals surface area contributed by atoms with E-state index in [0.717, 1.165) is 12.3 Å². The van der Waals surface area contributed by atoms with Gasteiger partial charge in [-0.15, -0.1) is 0 Å². The minimum absolute atomic E-state index is 0.319. The largest absolute Gasteiger partial charge is 0.444 e. The lowest BCUT2D eigenvalue weighted by Crippen LogP contribution is -2.40. The van der Waals surface area contributed by atoms with Crippen molar-refractivity contribution in [2.45, 2.75) is 25.9 Å². The van der Waals surface area contributed by atoms with Gasteiger partial charge in [-0.2, -0.15) is 0 Å². The van der Waals surface area contributed by atoms with Crippen LogP contribution in [-0.4, -0.2) is 17.5 Å². The lowest BCUT2D eigenvalue weighted by Gasteiger charge is -2.24. The summed E-state index contributed by atoms with van der Waals surface area (Å²) in [5, 5.41) is 0. The first-order valence-corrected chi connectivity index (χ1v) is 4.17. The van der Waals surface area contributed by atoms with Gasteiger partial charge >= 0.3 is 11.9 Å². The zero-order valence-electron chi connectivity index (χ0n) is 8.41. The highest BCUT2D eigenvalue weighted by atomic mass is 16.6. The molecule has 0 bridgehead atoms. The van der Waals surface area contributed by atoms with Crippen LogP contribution in [0.1, 0.15) is 20.3 Å². The van der Waals surface area contributed by atoms with Crippen LogP contribution < -0.4 is 0 Å². The molecule has 0 aliphatic carbocycles. The predicted octanol–water partition coefficient (Wildman–Crippen LogP) is 1.57. The highest BCUT2D eigenvalue weighted by Crippen LogP contribution is 2.17. The molecule has 0 N–H and O–H groups in total. The molecule has 4 nitrogen and oxygen atoms in total. The van der Waals surface area contributed by atoms with Crippen LogP contribution in [0.15, 0.2) is 25.5 Å². The molecule has 0 radical (unpaired) electrons. The van der Waals surface area contributed by atoms with Gasteiger partial charge < -0.3 is 9.47 Å². The van der Waals surface area contributed by atoms with E-state index in [0.29, 0.717) is 6.42 Å². The van der Waals surface area contributed by atoms with Crippen molar-refractivity contribution >= 4 is 11.9 Å². The highest BCUT2D eigenvalue weighted by molar-refractivity contribution is 5.87. The molecule has 0 saturated carbocycles. The SMILES string of the molecule is C=COC(=O)C(C)(CC)OC(=O)C=C. The van der Waals surface area contributed by atoms with Gasteiger partial charge in [-0.25, -0.2) is 9.59 Å². The number of esters is 2. The van der Waals surface area contributed by atoms with E-state index in [1.54, 1.807) is 6.92 Å². The van der Waals surface area contributed by atoms with Gasteiger partial charge in [-0.05, 0) is 13.3 Å². The quantitative estimate of drug-likeness (QED) is 0.382. The van der Waals surface area contributed by atoms with Crippen molar-refractivity contribution in [3.8, 4) is 0 Å². The molecule has 14 heavy (non-hydrogen) atoms. The van der Waals surface area contributed by atoms with Gasteiger partial charge in [-0.1, -0.05) is 20.1 Å². The molecule has 0 amide bonds. The number of hydrogen-bond donors (Lipinski definition) is 0. The molecule has 0 fully saturated rings. The van der Waals surface area contributed by atoms with Gasteiger partial charge in [0.1, 0.15) is 0 Å². The van der Waals surface area contributed by atoms with Crippen LogP contribution in [0.5, 0.6) is 0 Å². The molecule has 0 aromatic carbocycles. The summed E-state index contributed by atoms with van der Waals surface area (Å²) in [5.74, 6) is -1.31. The van der Waals surface area contributed by atoms with E-state index in [-0.39, 0.29) is 0 Å². The first kappa shape index (κ1) is 12.4. The van der Waals surface area contributed by atoms with Crippen molar-refractivity contribution in [2.24, 2.45) is 0 Å². The second-order valence-electron chi connectivity index (χ2n) is 2.78. The molecule has 0 aliphatic rings. The van der Waals surface area contributed by atoms with Crippen LogP contribution in [0, 0.1) is 0 Å². The van der Waals surface area contributed by atoms with Crippen molar-refractivity contribution < 1.29 is 19.1 Å². The summed E-state index contributed by atoms with van der Waals surface area (Å²) in [6.07, 6.45) is 2.31. The number of carbonyl (C=O) groups excluding carboxylic acids is 2. The third-order valence-electron chi connectivity index (χ3n) is 1.79. The Labute approximate surface area is 83.2 Å². The summed E-state index contributed by atoms with van der Waals surface area (Å²) in [5.41, 5.74) is -1.28. The number of ether oxygens (including phenoxy) is 2. The maximum atomic E-state index is 11.3. The predicted molar refractivity (Wildman–Crippen MR) is 51.3 cm³/mol. The van der Waals surface area contributed by atoms with E-state index in [1.165, 1.54) is 6.92 Å². The van der Waals surface area contributed by atoms with E-state index in [2.05, 4.69) is 17.9 Å². The van der Waals surface area contributed by atoms with Gasteiger partial charge in [0.25, 0.3) is 0 Å². The van der Waals surface area contributed by atoms with E-state index >= 15 is 0 Å². The maximum absolute atomic E-state index is 11.3. The standard InChI is InChI=1S/C10H14O4/c1-5-8(11)14-10(4,6-2)9(12)13-7-3/h5,7H,1,3,6H2,2,4H3. The summed E-state index contributed by atoms with van der Waals surface area (Å²) >= 11 is 0. The summed E-state index contributed by atoms with van der Waals surface area (Å²) in [6.45, 7) is 9.66. The van der Waals surface area contributed by atoms with Crippen molar-refractivity contribution in [1.29, 1.82) is 0 Å². The van der Waals surface area contributed by atoms with Crippen LogP contribution in [0.3, 0.4) is 0 Å². The molecule has 0 aliphatic heterocycles. The second kappa shape index (κ2) is 5.21. The maximum Gasteiger partial charge on any atom is 0.355 e. The van der Waals surface area contributed by atoms with Gasteiger partial charge in [0.2, 0.25) is 5.60 Å². The van der Waals surface area contributed by atoms with Crippen molar-refractivity contribution in [3.05, 3.63) is 25.5 Å². The molecule has 78 valence electrons. The minimum atomic E-state index is -1.28. The molecule has 0 heterocycles. The molecular formula is C10H14O4. The van der Waals surface area contributed by atoms with Crippen LogP contribution in [0.2, 0.25) is 0 Å². The highest BCUT2D eigenvalue weighted by Gasteiger charge is 2.36. The molecule has 0 aromatic heterocycles. The Morgan fingerprint density at radius 1 is 1.43 bits per heavy atom. The Morgan fingerprint density at radius 3 is 2.36 bits per heavy atom. The fourth-order valence-electron chi connectivity index (χ4n) is 0.722. The smallest absolute Gasteiger partial charge is 0.355 e. The van der Waals surface area contributed by atoms with Gasteiger partial charge in [0.05, 0.1) is 6.26 Å². The third kappa shape index (κ3) is 3.05. The van der Waals surface area contributed by atoms with Crippen LogP contribution in [0.4, 0.5) is 0 Å². The summed E-state index contributed by atoms with van der Waals surface area (Å²) < 4.78 is 9.43. The molecule has 4 heteroatoms. The molecule has 1 atom stereocenters. The van der Waals surface area contributed by atoms with Gasteiger partial charge in [0, 0.05) is 6.08 Å². The van der Waals surface area contributed by atoms with E-state index < -0.39 is 17.5 Å². The molecule has 0 aromatic rings. The number of hydrogen-bond acceptors (Lipinski definition) is 4. The summed E-state index contributed by atoms with van der Waals surface area (Å²) in [6, 6.07) is 0. The average molecular weight is 198 g/mol. The Hall–Kier alpha value is -1.58. The van der Waals surface area contributed by atoms with Crippen molar-refractivity contribution in [3.63, 3.8) is 0 Å². The topological polar surface area (TPSA) is 52.6 Å². The normalized spacial score (nSPS) is 13.6. The minimum Gasteiger partial charge on any atom is -0.444 e. The lowest BCUT2D eigenvalue weighted by molar-refractivity contribution is -0.174. The second-order valence-corrected chi connectivity index (χ2v) is 2.78. The van der Waals surface area contributed by atoms with Crippen LogP contribution in [0.25, 0.3) is 0 Å². The molecule has 0 rings (SSSR count). The number of rotatable bonds is 5. The van der Waals surface area contributed by atoms with Crippen LogP contribution in [-0.2, 0) is 19.1 Å². The fraction of sp³-hybridized carbons (Fsp3) is 0.400. The Kier molecular flexibility index (Phi) is 4.63. The Balaban J connectivity index is 4.60. The molecule has 0 saturated heterocycles. The first-order chi connectivity index (χ1) is 6.50. The van der Waals surface area contributed by atoms with Crippen molar-refractivity contribution in [1.82, 2.24) is 0 Å². The average Bonchev–Trinajstić information content (AvgIpc) is 2.17. The molecular weight excluding hydrogens is 184 g/mol. The fourth-order valence-corrected chi connectivity index (χ4v) is 0.722. The van der Waals surface area contributed by atoms with Crippen LogP contribution >= 0.6 is 0 Å². The Morgan fingerprint density at radius 2 is 2.00 bits per heavy atom. The summed E-state index contributed by atoms with van der Waals surface area (Å²) in [7, 11) is 0. The number of carbonyl (C=O) groups is 2. The van der Waals surface area contributed by atoms with E-state index in [4.69, 9.17) is 4.74 Å². The lowest BCUT2D eigenvalue weighted by atomic mass is 10.0. The Bertz CT molecular complexity index is 257.